The largest absolute Gasteiger partial charge is 0.411 e. The summed E-state index contributed by atoms with van der Waals surface area (Å²) < 4.78 is 5.86. The minimum atomic E-state index is 0.0385. The number of hydrogen-bond donors (Lipinski definition) is 1. The lowest BCUT2D eigenvalue weighted by Gasteiger charge is -2.22. The summed E-state index contributed by atoms with van der Waals surface area (Å²) in [5, 5.41) is 9.75. The number of aromatic nitrogens is 3. The van der Waals surface area contributed by atoms with Crippen molar-refractivity contribution < 1.29 is 9.21 Å². The molecule has 0 spiro atoms. The molecule has 0 aliphatic rings. The first-order valence-electron chi connectivity index (χ1n) is 11.1. The van der Waals surface area contributed by atoms with Crippen LogP contribution in [0.4, 0.5) is 0 Å². The number of rotatable bonds is 9. The van der Waals surface area contributed by atoms with Gasteiger partial charge in [0.1, 0.15) is 0 Å². The van der Waals surface area contributed by atoms with Gasteiger partial charge in [-0.3, -0.25) is 4.79 Å². The molecule has 1 N–H and O–H groups in total. The molecule has 0 aliphatic carbocycles. The van der Waals surface area contributed by atoms with E-state index in [-0.39, 0.29) is 11.7 Å². The lowest BCUT2D eigenvalue weighted by Crippen LogP contribution is -2.33. The van der Waals surface area contributed by atoms with Crippen LogP contribution in [0, 0.1) is 0 Å². The van der Waals surface area contributed by atoms with E-state index in [0.717, 1.165) is 28.5 Å². The highest BCUT2D eigenvalue weighted by molar-refractivity contribution is 7.99. The average molecular weight is 469 g/mol. The van der Waals surface area contributed by atoms with E-state index < -0.39 is 0 Å². The van der Waals surface area contributed by atoms with Gasteiger partial charge in [-0.25, -0.2) is 0 Å². The van der Waals surface area contributed by atoms with Crippen molar-refractivity contribution in [3.05, 3.63) is 102 Å². The Hall–Kier alpha value is -3.84. The van der Waals surface area contributed by atoms with Crippen molar-refractivity contribution >= 4 is 28.6 Å². The van der Waals surface area contributed by atoms with E-state index in [9.17, 15) is 4.79 Å². The van der Waals surface area contributed by atoms with E-state index in [1.54, 1.807) is 0 Å². The highest BCUT2D eigenvalue weighted by atomic mass is 32.2. The molecule has 0 saturated carbocycles. The first kappa shape index (κ1) is 22.0. The molecule has 34 heavy (non-hydrogen) atoms. The lowest BCUT2D eigenvalue weighted by atomic mass is 10.1. The molecule has 5 rings (SSSR count). The van der Waals surface area contributed by atoms with Gasteiger partial charge in [-0.2, -0.15) is 0 Å². The van der Waals surface area contributed by atoms with Crippen molar-refractivity contribution in [3.8, 4) is 11.5 Å². The third-order valence-electron chi connectivity index (χ3n) is 5.63. The fraction of sp³-hybridized carbons (Fsp3) is 0.148. The Bertz CT molecular complexity index is 1370. The average Bonchev–Trinajstić information content (AvgIpc) is 3.53. The summed E-state index contributed by atoms with van der Waals surface area (Å²) in [6.45, 7) is 1.21. The molecule has 7 heteroatoms. The number of thioether (sulfide) groups is 1. The van der Waals surface area contributed by atoms with Crippen LogP contribution in [-0.2, 0) is 17.8 Å². The van der Waals surface area contributed by atoms with Crippen LogP contribution >= 0.6 is 11.8 Å². The Morgan fingerprint density at radius 1 is 0.882 bits per heavy atom. The standard InChI is InChI=1S/C27H24N4O2S/c32-25(31(18-21-11-5-2-6-12-21)16-15-20-9-3-1-4-10-20)19-34-27-30-29-26(33-27)23-17-28-24-14-8-7-13-22(23)24/h1-14,17,28H,15-16,18-19H2. The molecule has 2 aromatic heterocycles. The van der Waals surface area contributed by atoms with Crippen LogP contribution in [0.3, 0.4) is 0 Å². The summed E-state index contributed by atoms with van der Waals surface area (Å²) >= 11 is 1.27. The highest BCUT2D eigenvalue weighted by Crippen LogP contribution is 2.29. The second-order valence-corrected chi connectivity index (χ2v) is 8.87. The molecule has 2 heterocycles. The Morgan fingerprint density at radius 3 is 2.38 bits per heavy atom. The minimum Gasteiger partial charge on any atom is -0.411 e. The van der Waals surface area contributed by atoms with E-state index in [0.29, 0.717) is 24.2 Å². The normalized spacial score (nSPS) is 11.1. The number of para-hydroxylation sites is 1. The van der Waals surface area contributed by atoms with Crippen molar-refractivity contribution in [1.82, 2.24) is 20.1 Å². The Morgan fingerprint density at radius 2 is 1.59 bits per heavy atom. The van der Waals surface area contributed by atoms with Gasteiger partial charge in [0.25, 0.3) is 11.1 Å². The van der Waals surface area contributed by atoms with Crippen LogP contribution in [-0.4, -0.2) is 38.3 Å². The highest BCUT2D eigenvalue weighted by Gasteiger charge is 2.18. The maximum atomic E-state index is 13.2. The van der Waals surface area contributed by atoms with Crippen LogP contribution in [0.5, 0.6) is 0 Å². The molecule has 0 radical (unpaired) electrons. The monoisotopic (exact) mass is 468 g/mol. The number of nitrogens with one attached hydrogen (secondary N) is 1. The summed E-state index contributed by atoms with van der Waals surface area (Å²) in [5.41, 5.74) is 4.18. The van der Waals surface area contributed by atoms with E-state index in [4.69, 9.17) is 4.42 Å². The van der Waals surface area contributed by atoms with Crippen LogP contribution in [0.2, 0.25) is 0 Å². The summed E-state index contributed by atoms with van der Waals surface area (Å²) in [6.07, 6.45) is 2.66. The number of H-pyrrole nitrogens is 1. The van der Waals surface area contributed by atoms with Crippen molar-refractivity contribution in [3.63, 3.8) is 0 Å². The molecule has 5 aromatic rings. The number of amides is 1. The predicted octanol–water partition coefficient (Wildman–Crippen LogP) is 5.58. The molecule has 6 nitrogen and oxygen atoms in total. The number of fused-ring (bicyclic) bond motifs is 1. The molecule has 170 valence electrons. The van der Waals surface area contributed by atoms with Gasteiger partial charge in [-0.1, -0.05) is 90.6 Å². The maximum absolute atomic E-state index is 13.2. The van der Waals surface area contributed by atoms with Gasteiger partial charge in [-0.15, -0.1) is 10.2 Å². The Kier molecular flexibility index (Phi) is 6.72. The van der Waals surface area contributed by atoms with E-state index in [2.05, 4.69) is 27.3 Å². The molecule has 0 fully saturated rings. The van der Waals surface area contributed by atoms with Crippen molar-refractivity contribution in [2.45, 2.75) is 18.2 Å². The Balaban J connectivity index is 1.25. The summed E-state index contributed by atoms with van der Waals surface area (Å²) in [4.78, 5) is 18.3. The number of carbonyl (C=O) groups is 1. The zero-order chi connectivity index (χ0) is 23.2. The zero-order valence-electron chi connectivity index (χ0n) is 18.6. The van der Waals surface area contributed by atoms with Gasteiger partial charge < -0.3 is 14.3 Å². The molecule has 3 aromatic carbocycles. The van der Waals surface area contributed by atoms with Crippen molar-refractivity contribution in [2.24, 2.45) is 0 Å². The predicted molar refractivity (Wildman–Crippen MR) is 134 cm³/mol. The summed E-state index contributed by atoms with van der Waals surface area (Å²) in [6, 6.07) is 28.2. The zero-order valence-corrected chi connectivity index (χ0v) is 19.4. The topological polar surface area (TPSA) is 75.0 Å². The fourth-order valence-corrected chi connectivity index (χ4v) is 4.51. The van der Waals surface area contributed by atoms with Gasteiger partial charge in [0.2, 0.25) is 5.91 Å². The molecule has 0 saturated heterocycles. The fourth-order valence-electron chi connectivity index (χ4n) is 3.84. The lowest BCUT2D eigenvalue weighted by molar-refractivity contribution is -0.128. The van der Waals surface area contributed by atoms with E-state index in [1.165, 1.54) is 17.3 Å². The van der Waals surface area contributed by atoms with E-state index in [1.807, 2.05) is 83.9 Å². The summed E-state index contributed by atoms with van der Waals surface area (Å²) in [7, 11) is 0. The van der Waals surface area contributed by atoms with Gasteiger partial charge in [0.05, 0.1) is 11.3 Å². The van der Waals surface area contributed by atoms with Crippen molar-refractivity contribution in [2.75, 3.05) is 12.3 Å². The molecule has 0 unspecified atom stereocenters. The van der Waals surface area contributed by atoms with Gasteiger partial charge in [0, 0.05) is 30.2 Å². The second-order valence-electron chi connectivity index (χ2n) is 7.95. The van der Waals surface area contributed by atoms with Gasteiger partial charge in [0.15, 0.2) is 0 Å². The van der Waals surface area contributed by atoms with E-state index >= 15 is 0 Å². The smallest absolute Gasteiger partial charge is 0.277 e. The first-order chi connectivity index (χ1) is 16.8. The molecule has 0 aliphatic heterocycles. The SMILES string of the molecule is O=C(CSc1nnc(-c2c[nH]c3ccccc23)o1)N(CCc1ccccc1)Cc1ccccc1. The molecular formula is C27H24N4O2S. The Labute approximate surface area is 202 Å². The van der Waals surface area contributed by atoms with Crippen molar-refractivity contribution in [1.29, 1.82) is 0 Å². The number of carbonyl (C=O) groups excluding carboxylic acids is 1. The number of hydrogen-bond acceptors (Lipinski definition) is 5. The van der Waals surface area contributed by atoms with Crippen LogP contribution in [0.1, 0.15) is 11.1 Å². The van der Waals surface area contributed by atoms with Gasteiger partial charge >= 0.3 is 0 Å². The summed E-state index contributed by atoms with van der Waals surface area (Å²) in [5.74, 6) is 0.714. The second kappa shape index (κ2) is 10.4. The third kappa shape index (κ3) is 5.21. The first-order valence-corrected chi connectivity index (χ1v) is 12.1. The third-order valence-corrected chi connectivity index (χ3v) is 6.43. The minimum absolute atomic E-state index is 0.0385. The van der Waals surface area contributed by atoms with Crippen LogP contribution in [0.15, 0.2) is 101 Å². The van der Waals surface area contributed by atoms with Gasteiger partial charge in [-0.05, 0) is 23.6 Å². The molecule has 0 bridgehead atoms. The quantitative estimate of drug-likeness (QED) is 0.286. The number of aromatic amines is 1. The molecule has 1 amide bonds. The number of nitrogens with zero attached hydrogens (tertiary/aromatic N) is 3. The molecule has 0 atom stereocenters. The maximum Gasteiger partial charge on any atom is 0.277 e. The van der Waals surface area contributed by atoms with Crippen LogP contribution in [0.25, 0.3) is 22.4 Å². The molecular weight excluding hydrogens is 444 g/mol. The number of benzene rings is 3. The van der Waals surface area contributed by atoms with Crippen LogP contribution < -0.4 is 0 Å².